The first-order valence-corrected chi connectivity index (χ1v) is 7.06. The lowest BCUT2D eigenvalue weighted by molar-refractivity contribution is -0.118. The molecule has 1 unspecified atom stereocenters. The summed E-state index contributed by atoms with van der Waals surface area (Å²) in [5.41, 5.74) is -0.908. The predicted molar refractivity (Wildman–Crippen MR) is 77.5 cm³/mol. The summed E-state index contributed by atoms with van der Waals surface area (Å²) in [5.74, 6) is 0.241. The largest absolute Gasteiger partial charge is 0.472 e. The maximum atomic E-state index is 14.6. The van der Waals surface area contributed by atoms with Crippen LogP contribution in [0.15, 0.2) is 25.3 Å². The van der Waals surface area contributed by atoms with E-state index in [9.17, 15) is 14.6 Å². The molecule has 23 heavy (non-hydrogen) atoms. The van der Waals surface area contributed by atoms with Crippen LogP contribution in [0.4, 0.5) is 4.39 Å². The predicted octanol–water partition coefficient (Wildman–Crippen LogP) is 0.154. The highest BCUT2D eigenvalue weighted by atomic mass is 19.1. The van der Waals surface area contributed by atoms with Crippen LogP contribution in [0.5, 0.6) is 5.88 Å². The molecule has 8 nitrogen and oxygen atoms in total. The number of rotatable bonds is 5. The van der Waals surface area contributed by atoms with Crippen LogP contribution in [0, 0.1) is 0 Å². The summed E-state index contributed by atoms with van der Waals surface area (Å²) in [7, 11) is 0. The molecule has 0 bridgehead atoms. The van der Waals surface area contributed by atoms with Gasteiger partial charge in [-0.25, -0.2) is 14.4 Å². The molecule has 1 aliphatic heterocycles. The van der Waals surface area contributed by atoms with E-state index < -0.39 is 30.7 Å². The van der Waals surface area contributed by atoms with E-state index in [0.29, 0.717) is 11.2 Å². The molecule has 2 aromatic heterocycles. The van der Waals surface area contributed by atoms with Gasteiger partial charge >= 0.3 is 0 Å². The van der Waals surface area contributed by atoms with E-state index in [4.69, 9.17) is 9.47 Å². The molecule has 0 aromatic carbocycles. The molecule has 0 spiro atoms. The molecule has 1 saturated heterocycles. The van der Waals surface area contributed by atoms with Crippen molar-refractivity contribution in [1.82, 2.24) is 19.5 Å². The third kappa shape index (κ3) is 2.37. The fourth-order valence-corrected chi connectivity index (χ4v) is 2.66. The van der Waals surface area contributed by atoms with Crippen LogP contribution in [-0.2, 0) is 10.5 Å². The molecule has 0 radical (unpaired) electrons. The number of aliphatic hydroxyl groups excluding tert-OH is 2. The summed E-state index contributed by atoms with van der Waals surface area (Å²) in [6, 6.07) is 0. The molecule has 1 fully saturated rings. The third-order valence-electron chi connectivity index (χ3n) is 3.88. The summed E-state index contributed by atoms with van der Waals surface area (Å²) in [6.45, 7) is 4.76. The minimum atomic E-state index is -1.76. The second kappa shape index (κ2) is 5.84. The van der Waals surface area contributed by atoms with Gasteiger partial charge in [0.25, 0.3) is 0 Å². The lowest BCUT2D eigenvalue weighted by Crippen LogP contribution is -2.40. The normalized spacial score (nSPS) is 30.7. The van der Waals surface area contributed by atoms with Gasteiger partial charge in [0.05, 0.1) is 12.9 Å². The van der Waals surface area contributed by atoms with E-state index in [2.05, 4.69) is 21.5 Å². The summed E-state index contributed by atoms with van der Waals surface area (Å²) in [5, 5.41) is 19.1. The molecule has 124 valence electrons. The zero-order chi connectivity index (χ0) is 16.6. The van der Waals surface area contributed by atoms with Crippen molar-refractivity contribution in [3.63, 3.8) is 0 Å². The Balaban J connectivity index is 2.05. The summed E-state index contributed by atoms with van der Waals surface area (Å²) in [4.78, 5) is 12.3. The highest BCUT2D eigenvalue weighted by molar-refractivity contribution is 5.76. The zero-order valence-corrected chi connectivity index (χ0v) is 12.5. The van der Waals surface area contributed by atoms with Gasteiger partial charge in [-0.2, -0.15) is 4.98 Å². The van der Waals surface area contributed by atoms with Gasteiger partial charge in [-0.1, -0.05) is 12.7 Å². The molecule has 0 aliphatic carbocycles. The number of imidazole rings is 1. The second-order valence-corrected chi connectivity index (χ2v) is 5.35. The van der Waals surface area contributed by atoms with Crippen LogP contribution in [-0.4, -0.2) is 61.3 Å². The Morgan fingerprint density at radius 3 is 2.96 bits per heavy atom. The first-order valence-electron chi connectivity index (χ1n) is 7.06. The average Bonchev–Trinajstić information content (AvgIpc) is 3.09. The number of hydrogen-bond acceptors (Lipinski definition) is 7. The van der Waals surface area contributed by atoms with Gasteiger partial charge < -0.3 is 19.7 Å². The van der Waals surface area contributed by atoms with Gasteiger partial charge in [-0.15, -0.1) is 0 Å². The molecule has 4 atom stereocenters. The van der Waals surface area contributed by atoms with Crippen LogP contribution < -0.4 is 4.74 Å². The van der Waals surface area contributed by atoms with Gasteiger partial charge in [0.15, 0.2) is 23.1 Å². The van der Waals surface area contributed by atoms with Gasteiger partial charge in [0.1, 0.15) is 25.1 Å². The zero-order valence-electron chi connectivity index (χ0n) is 12.5. The Morgan fingerprint density at radius 1 is 1.52 bits per heavy atom. The number of halogens is 1. The number of alkyl halides is 1. The SMILES string of the molecule is C=CCOc1ncnc2c1ncn2[C@@]1(C)OC(CO)[C@@H](O)[C@H]1F. The fourth-order valence-electron chi connectivity index (χ4n) is 2.66. The van der Waals surface area contributed by atoms with Crippen LogP contribution >= 0.6 is 0 Å². The van der Waals surface area contributed by atoms with E-state index in [1.807, 2.05) is 0 Å². The average molecular weight is 324 g/mol. The van der Waals surface area contributed by atoms with Crippen LogP contribution in [0.1, 0.15) is 6.92 Å². The van der Waals surface area contributed by atoms with E-state index in [1.165, 1.54) is 24.1 Å². The van der Waals surface area contributed by atoms with Crippen LogP contribution in [0.2, 0.25) is 0 Å². The topological polar surface area (TPSA) is 103 Å². The van der Waals surface area contributed by atoms with E-state index >= 15 is 0 Å². The minimum absolute atomic E-state index is 0.240. The van der Waals surface area contributed by atoms with Crippen LogP contribution in [0.25, 0.3) is 11.2 Å². The Hall–Kier alpha value is -2.10. The number of aliphatic hydroxyl groups is 2. The highest BCUT2D eigenvalue weighted by Gasteiger charge is 2.54. The molecule has 0 saturated carbocycles. The van der Waals surface area contributed by atoms with E-state index in [1.54, 1.807) is 6.08 Å². The van der Waals surface area contributed by atoms with Crippen molar-refractivity contribution in [1.29, 1.82) is 0 Å². The highest BCUT2D eigenvalue weighted by Crippen LogP contribution is 2.39. The fraction of sp³-hybridized carbons (Fsp3) is 0.500. The van der Waals surface area contributed by atoms with Crippen LogP contribution in [0.3, 0.4) is 0 Å². The molecule has 3 rings (SSSR count). The smallest absolute Gasteiger partial charge is 0.245 e. The molecular weight excluding hydrogens is 307 g/mol. The monoisotopic (exact) mass is 324 g/mol. The molecule has 1 aliphatic rings. The lowest BCUT2D eigenvalue weighted by atomic mass is 10.1. The second-order valence-electron chi connectivity index (χ2n) is 5.35. The van der Waals surface area contributed by atoms with Gasteiger partial charge in [-0.3, -0.25) is 4.57 Å². The van der Waals surface area contributed by atoms with Crippen molar-refractivity contribution in [2.24, 2.45) is 0 Å². The summed E-state index contributed by atoms with van der Waals surface area (Å²) < 4.78 is 26.9. The first-order chi connectivity index (χ1) is 11.0. The van der Waals surface area contributed by atoms with Crippen molar-refractivity contribution in [3.05, 3.63) is 25.3 Å². The number of aromatic nitrogens is 4. The maximum absolute atomic E-state index is 14.6. The summed E-state index contributed by atoms with van der Waals surface area (Å²) >= 11 is 0. The van der Waals surface area contributed by atoms with E-state index in [-0.39, 0.29) is 12.5 Å². The Morgan fingerprint density at radius 2 is 2.30 bits per heavy atom. The number of fused-ring (bicyclic) bond motifs is 1. The lowest BCUT2D eigenvalue weighted by Gasteiger charge is -2.28. The summed E-state index contributed by atoms with van der Waals surface area (Å²) in [6.07, 6.45) is -0.0495. The molecule has 2 N–H and O–H groups in total. The first kappa shape index (κ1) is 15.8. The molecule has 3 heterocycles. The quantitative estimate of drug-likeness (QED) is 0.755. The number of nitrogens with zero attached hydrogens (tertiary/aromatic N) is 4. The Labute approximate surface area is 131 Å². The van der Waals surface area contributed by atoms with Crippen molar-refractivity contribution in [2.45, 2.75) is 31.0 Å². The number of ether oxygens (including phenoxy) is 2. The Bertz CT molecular complexity index is 724. The van der Waals surface area contributed by atoms with Gasteiger partial charge in [0, 0.05) is 0 Å². The molecule has 2 aromatic rings. The van der Waals surface area contributed by atoms with Crippen molar-refractivity contribution < 1.29 is 24.1 Å². The number of hydrogen-bond donors (Lipinski definition) is 2. The van der Waals surface area contributed by atoms with Crippen molar-refractivity contribution in [3.8, 4) is 5.88 Å². The minimum Gasteiger partial charge on any atom is -0.472 e. The molecular formula is C14H17FN4O4. The van der Waals surface area contributed by atoms with Crippen molar-refractivity contribution >= 4 is 11.2 Å². The Kier molecular flexibility index (Phi) is 4.00. The third-order valence-corrected chi connectivity index (χ3v) is 3.88. The molecule has 0 amide bonds. The van der Waals surface area contributed by atoms with Gasteiger partial charge in [-0.05, 0) is 6.92 Å². The molecule has 9 heteroatoms. The van der Waals surface area contributed by atoms with Crippen molar-refractivity contribution in [2.75, 3.05) is 13.2 Å². The maximum Gasteiger partial charge on any atom is 0.245 e. The van der Waals surface area contributed by atoms with E-state index in [0.717, 1.165) is 0 Å². The van der Waals surface area contributed by atoms with Gasteiger partial charge in [0.2, 0.25) is 5.88 Å². The standard InChI is InChI=1S/C14H17FN4O4/c1-3-4-22-13-9-12(16-6-17-13)19(7-18-9)14(2)11(15)10(21)8(5-20)23-14/h3,6-8,10-11,20-21H,1,4-5H2,2H3/t8?,10-,11-,14+/m1/s1.